The number of ether oxygens (including phenoxy) is 4. The maximum atomic E-state index is 12.9. The normalized spacial score (nSPS) is 18.3. The summed E-state index contributed by atoms with van der Waals surface area (Å²) in [6.45, 7) is 2.71. The molecule has 4 rings (SSSR count). The van der Waals surface area contributed by atoms with E-state index in [-0.39, 0.29) is 23.9 Å². The second kappa shape index (κ2) is 8.59. The van der Waals surface area contributed by atoms with Crippen LogP contribution < -0.4 is 20.4 Å². The van der Waals surface area contributed by atoms with Crippen molar-refractivity contribution in [1.29, 1.82) is 0 Å². The van der Waals surface area contributed by atoms with Crippen molar-refractivity contribution < 1.29 is 32.1 Å². The lowest BCUT2D eigenvalue weighted by Gasteiger charge is -2.29. The van der Waals surface area contributed by atoms with Crippen LogP contribution in [0.15, 0.2) is 23.0 Å². The van der Waals surface area contributed by atoms with Crippen molar-refractivity contribution in [2.75, 3.05) is 33.0 Å². The monoisotopic (exact) mass is 437 g/mol. The molecule has 0 N–H and O–H groups in total. The minimum Gasteiger partial charge on any atom is -0.484 e. The van der Waals surface area contributed by atoms with Crippen LogP contribution in [0.3, 0.4) is 0 Å². The first-order valence-electron chi connectivity index (χ1n) is 10.1. The molecule has 0 aliphatic carbocycles. The van der Waals surface area contributed by atoms with Crippen molar-refractivity contribution in [3.8, 4) is 22.9 Å². The van der Waals surface area contributed by atoms with E-state index >= 15 is 0 Å². The van der Waals surface area contributed by atoms with Crippen LogP contribution in [0.1, 0.15) is 11.1 Å². The standard InChI is InChI=1S/C21H23BF3NO5/c1-12-18-16-3-2-14(31-11-21(23,24)25)8-13(16)4-5-26(18)20(17(22)19(12)27)30-10-15-9-28-6-7-29-15/h2-3,8,15H,4-7,9-11,22H2,1H3/t15-/m0/s1. The largest absolute Gasteiger partial charge is 0.484 e. The third-order valence-electron chi connectivity index (χ3n) is 5.50. The quantitative estimate of drug-likeness (QED) is 0.662. The van der Waals surface area contributed by atoms with E-state index in [0.29, 0.717) is 49.7 Å². The number of rotatable bonds is 5. The van der Waals surface area contributed by atoms with Crippen molar-refractivity contribution in [3.63, 3.8) is 0 Å². The number of benzene rings is 1. The lowest BCUT2D eigenvalue weighted by atomic mass is 9.89. The van der Waals surface area contributed by atoms with E-state index in [0.717, 1.165) is 16.8 Å². The molecule has 1 aromatic carbocycles. The van der Waals surface area contributed by atoms with Gasteiger partial charge in [0.1, 0.15) is 18.5 Å². The molecule has 1 saturated heterocycles. The first-order valence-corrected chi connectivity index (χ1v) is 10.1. The molecule has 1 atom stereocenters. The Hall–Kier alpha value is -2.46. The van der Waals surface area contributed by atoms with Gasteiger partial charge in [-0.3, -0.25) is 4.79 Å². The van der Waals surface area contributed by atoms with Gasteiger partial charge in [-0.25, -0.2) is 0 Å². The van der Waals surface area contributed by atoms with E-state index in [4.69, 9.17) is 18.9 Å². The van der Waals surface area contributed by atoms with Crippen LogP contribution >= 0.6 is 0 Å². The third kappa shape index (κ3) is 4.59. The summed E-state index contributed by atoms with van der Waals surface area (Å²) in [5.74, 6) is 0.644. The highest BCUT2D eigenvalue weighted by Gasteiger charge is 2.29. The Labute approximate surface area is 178 Å². The number of halogens is 3. The van der Waals surface area contributed by atoms with Crippen LogP contribution in [0.2, 0.25) is 0 Å². The molecule has 0 radical (unpaired) electrons. The van der Waals surface area contributed by atoms with Gasteiger partial charge in [0, 0.05) is 23.1 Å². The average Bonchev–Trinajstić information content (AvgIpc) is 2.75. The Morgan fingerprint density at radius 3 is 2.77 bits per heavy atom. The van der Waals surface area contributed by atoms with E-state index in [2.05, 4.69) is 0 Å². The smallest absolute Gasteiger partial charge is 0.422 e. The van der Waals surface area contributed by atoms with Gasteiger partial charge < -0.3 is 23.5 Å². The SMILES string of the molecule is Bc1c(OC[C@@H]2COCCO2)n2c(c(C)c1=O)-c1ccc(OCC(F)(F)F)cc1CC2. The molecule has 1 fully saturated rings. The van der Waals surface area contributed by atoms with Crippen LogP contribution in [0.25, 0.3) is 11.3 Å². The van der Waals surface area contributed by atoms with E-state index in [1.807, 2.05) is 4.57 Å². The Morgan fingerprint density at radius 2 is 2.06 bits per heavy atom. The summed E-state index contributed by atoms with van der Waals surface area (Å²) < 4.78 is 61.3. The zero-order chi connectivity index (χ0) is 22.2. The van der Waals surface area contributed by atoms with Crippen LogP contribution in [-0.2, 0) is 22.4 Å². The Kier molecular flexibility index (Phi) is 6.03. The fourth-order valence-corrected chi connectivity index (χ4v) is 4.04. The molecule has 0 saturated carbocycles. The molecule has 0 spiro atoms. The number of aromatic nitrogens is 1. The van der Waals surface area contributed by atoms with Gasteiger partial charge in [0.15, 0.2) is 25.8 Å². The molecule has 0 unspecified atom stereocenters. The lowest BCUT2D eigenvalue weighted by molar-refractivity contribution is -0.153. The summed E-state index contributed by atoms with van der Waals surface area (Å²) in [5.41, 5.74) is 3.32. The second-order valence-corrected chi connectivity index (χ2v) is 7.74. The summed E-state index contributed by atoms with van der Waals surface area (Å²) in [4.78, 5) is 12.9. The number of hydrogen-bond donors (Lipinski definition) is 0. The molecule has 2 aliphatic heterocycles. The third-order valence-corrected chi connectivity index (χ3v) is 5.50. The van der Waals surface area contributed by atoms with Gasteiger partial charge >= 0.3 is 6.18 Å². The molecule has 2 aromatic rings. The highest BCUT2D eigenvalue weighted by atomic mass is 19.4. The van der Waals surface area contributed by atoms with E-state index in [1.165, 1.54) is 6.07 Å². The summed E-state index contributed by atoms with van der Waals surface area (Å²) in [7, 11) is 1.74. The Bertz CT molecular complexity index is 1030. The highest BCUT2D eigenvalue weighted by molar-refractivity contribution is 6.34. The van der Waals surface area contributed by atoms with Crippen LogP contribution in [0.5, 0.6) is 11.6 Å². The van der Waals surface area contributed by atoms with Crippen molar-refractivity contribution in [3.05, 3.63) is 39.5 Å². The molecular formula is C21H23BF3NO5. The minimum absolute atomic E-state index is 0.118. The van der Waals surface area contributed by atoms with Gasteiger partial charge in [0.25, 0.3) is 0 Å². The van der Waals surface area contributed by atoms with Gasteiger partial charge in [-0.05, 0) is 37.1 Å². The first kappa shape index (κ1) is 21.8. The number of nitrogens with zero attached hydrogens (tertiary/aromatic N) is 1. The number of aryl methyl sites for hydroxylation is 1. The van der Waals surface area contributed by atoms with Crippen molar-refractivity contribution in [2.24, 2.45) is 0 Å². The number of pyridine rings is 1. The van der Waals surface area contributed by atoms with E-state index in [1.54, 1.807) is 26.9 Å². The van der Waals surface area contributed by atoms with Gasteiger partial charge in [0.2, 0.25) is 0 Å². The maximum absolute atomic E-state index is 12.9. The molecule has 3 heterocycles. The van der Waals surface area contributed by atoms with Crippen molar-refractivity contribution in [1.82, 2.24) is 4.57 Å². The molecule has 10 heteroatoms. The maximum Gasteiger partial charge on any atom is 0.422 e. The fourth-order valence-electron chi connectivity index (χ4n) is 4.04. The van der Waals surface area contributed by atoms with Gasteiger partial charge in [-0.1, -0.05) is 0 Å². The topological polar surface area (TPSA) is 58.9 Å². The average molecular weight is 437 g/mol. The Balaban J connectivity index is 1.66. The molecule has 2 aliphatic rings. The van der Waals surface area contributed by atoms with Gasteiger partial charge in [-0.2, -0.15) is 13.2 Å². The Morgan fingerprint density at radius 1 is 1.26 bits per heavy atom. The fraction of sp³-hybridized carbons (Fsp3) is 0.476. The van der Waals surface area contributed by atoms with E-state index < -0.39 is 12.8 Å². The number of hydrogen-bond acceptors (Lipinski definition) is 5. The van der Waals surface area contributed by atoms with Crippen LogP contribution in [-0.4, -0.2) is 57.7 Å². The predicted molar refractivity (Wildman–Crippen MR) is 110 cm³/mol. The molecule has 166 valence electrons. The summed E-state index contributed by atoms with van der Waals surface area (Å²) in [6, 6.07) is 4.81. The molecule has 0 bridgehead atoms. The summed E-state index contributed by atoms with van der Waals surface area (Å²) in [5, 5.41) is 0. The number of fused-ring (bicyclic) bond motifs is 3. The van der Waals surface area contributed by atoms with E-state index in [9.17, 15) is 18.0 Å². The molecule has 1 aromatic heterocycles. The van der Waals surface area contributed by atoms with Crippen molar-refractivity contribution in [2.45, 2.75) is 32.2 Å². The zero-order valence-electron chi connectivity index (χ0n) is 17.4. The molecule has 0 amide bonds. The highest BCUT2D eigenvalue weighted by Crippen LogP contribution is 2.35. The lowest BCUT2D eigenvalue weighted by Crippen LogP contribution is -2.38. The number of alkyl halides is 3. The van der Waals surface area contributed by atoms with Crippen LogP contribution in [0, 0.1) is 6.92 Å². The van der Waals surface area contributed by atoms with Crippen LogP contribution in [0.4, 0.5) is 13.2 Å². The van der Waals surface area contributed by atoms with Gasteiger partial charge in [0.05, 0.1) is 25.5 Å². The predicted octanol–water partition coefficient (Wildman–Crippen LogP) is 1.37. The zero-order valence-corrected chi connectivity index (χ0v) is 17.4. The first-order chi connectivity index (χ1) is 14.7. The minimum atomic E-state index is -4.40. The summed E-state index contributed by atoms with van der Waals surface area (Å²) >= 11 is 0. The molecule has 6 nitrogen and oxygen atoms in total. The van der Waals surface area contributed by atoms with Crippen molar-refractivity contribution >= 4 is 13.3 Å². The summed E-state index contributed by atoms with van der Waals surface area (Å²) in [6.07, 6.45) is -4.03. The molecular weight excluding hydrogens is 414 g/mol. The second-order valence-electron chi connectivity index (χ2n) is 7.74. The van der Waals surface area contributed by atoms with Gasteiger partial charge in [-0.15, -0.1) is 0 Å². The molecule has 31 heavy (non-hydrogen) atoms.